The van der Waals surface area contributed by atoms with E-state index in [0.717, 1.165) is 5.56 Å². The van der Waals surface area contributed by atoms with Crippen LogP contribution in [-0.2, 0) is 30.3 Å². The van der Waals surface area contributed by atoms with Crippen molar-refractivity contribution >= 4 is 23.7 Å². The van der Waals surface area contributed by atoms with E-state index in [9.17, 15) is 19.2 Å². The number of carbonyl (C=O) groups is 4. The number of rotatable bonds is 9. The summed E-state index contributed by atoms with van der Waals surface area (Å²) in [5, 5.41) is 3.30. The quantitative estimate of drug-likeness (QED) is 0.485. The molecular weight excluding hydrogens is 472 g/mol. The van der Waals surface area contributed by atoms with Crippen LogP contribution in [0, 0.1) is 11.8 Å². The molecule has 1 aromatic carbocycles. The van der Waals surface area contributed by atoms with Gasteiger partial charge in [-0.25, -0.2) is 4.79 Å². The number of nitrogens with zero attached hydrogens (tertiary/aromatic N) is 2. The molecule has 3 N–H and O–H groups in total. The molecule has 9 heteroatoms. The van der Waals surface area contributed by atoms with E-state index in [2.05, 4.69) is 19.2 Å². The van der Waals surface area contributed by atoms with Gasteiger partial charge in [0, 0.05) is 38.4 Å². The van der Waals surface area contributed by atoms with Crippen LogP contribution in [0.1, 0.15) is 59.4 Å². The van der Waals surface area contributed by atoms with E-state index in [-0.39, 0.29) is 24.3 Å². The van der Waals surface area contributed by atoms with E-state index in [0.29, 0.717) is 44.8 Å². The Morgan fingerprint density at radius 3 is 2.41 bits per heavy atom. The fraction of sp³-hybridized carbons (Fsp3) is 0.643. The smallest absolute Gasteiger partial charge is 0.329 e. The van der Waals surface area contributed by atoms with Crippen LogP contribution >= 0.6 is 0 Å². The Balaban J connectivity index is 1.95. The molecule has 0 bridgehead atoms. The zero-order valence-corrected chi connectivity index (χ0v) is 22.7. The highest BCUT2D eigenvalue weighted by Gasteiger charge is 2.48. The van der Waals surface area contributed by atoms with Gasteiger partial charge in [0.2, 0.25) is 17.7 Å². The van der Waals surface area contributed by atoms with Crippen LogP contribution in [0.2, 0.25) is 0 Å². The highest BCUT2D eigenvalue weighted by molar-refractivity contribution is 5.93. The second-order valence-electron chi connectivity index (χ2n) is 11.6. The molecule has 1 aromatic rings. The molecule has 2 saturated heterocycles. The van der Waals surface area contributed by atoms with Gasteiger partial charge in [-0.15, -0.1) is 0 Å². The summed E-state index contributed by atoms with van der Waals surface area (Å²) in [5.74, 6) is -1.59. The first-order chi connectivity index (χ1) is 17.4. The first-order valence-corrected chi connectivity index (χ1v) is 13.3. The second kappa shape index (κ2) is 12.1. The molecule has 4 atom stereocenters. The number of hydrogen-bond acceptors (Lipinski definition) is 6. The first kappa shape index (κ1) is 28.6. The third kappa shape index (κ3) is 7.53. The van der Waals surface area contributed by atoms with Gasteiger partial charge in [0.05, 0.1) is 6.04 Å². The Morgan fingerprint density at radius 1 is 1.14 bits per heavy atom. The van der Waals surface area contributed by atoms with Crippen molar-refractivity contribution in [3.05, 3.63) is 35.9 Å². The fourth-order valence-corrected chi connectivity index (χ4v) is 5.34. The minimum Gasteiger partial charge on any atom is -0.458 e. The van der Waals surface area contributed by atoms with Gasteiger partial charge in [0.25, 0.3) is 0 Å². The van der Waals surface area contributed by atoms with Crippen LogP contribution in [-0.4, -0.2) is 76.9 Å². The lowest BCUT2D eigenvalue weighted by Crippen LogP contribution is -2.63. The molecule has 9 nitrogen and oxygen atoms in total. The number of primary amides is 1. The lowest BCUT2D eigenvalue weighted by Gasteiger charge is -2.40. The van der Waals surface area contributed by atoms with E-state index in [4.69, 9.17) is 10.5 Å². The van der Waals surface area contributed by atoms with Gasteiger partial charge >= 0.3 is 5.97 Å². The third-order valence-corrected chi connectivity index (χ3v) is 6.88. The highest BCUT2D eigenvalue weighted by atomic mass is 16.6. The average molecular weight is 515 g/mol. The van der Waals surface area contributed by atoms with E-state index in [1.165, 1.54) is 4.90 Å². The summed E-state index contributed by atoms with van der Waals surface area (Å²) in [6.45, 7) is 10.7. The van der Waals surface area contributed by atoms with Crippen molar-refractivity contribution < 1.29 is 23.9 Å². The van der Waals surface area contributed by atoms with Gasteiger partial charge in [0.15, 0.2) is 0 Å². The van der Waals surface area contributed by atoms with E-state index in [1.807, 2.05) is 30.3 Å². The van der Waals surface area contributed by atoms with Crippen LogP contribution in [0.3, 0.4) is 0 Å². The molecule has 0 aromatic heterocycles. The zero-order chi connectivity index (χ0) is 27.3. The molecule has 2 heterocycles. The molecular formula is C28H42N4O5. The van der Waals surface area contributed by atoms with Crippen LogP contribution in [0.25, 0.3) is 0 Å². The number of amides is 3. The number of piperazine rings is 1. The number of likely N-dealkylation sites (tertiary alicyclic amines) is 1. The van der Waals surface area contributed by atoms with Crippen LogP contribution in [0.5, 0.6) is 0 Å². The largest absolute Gasteiger partial charge is 0.458 e. The van der Waals surface area contributed by atoms with E-state index in [1.54, 1.807) is 25.7 Å². The van der Waals surface area contributed by atoms with Gasteiger partial charge in [-0.3, -0.25) is 14.4 Å². The molecule has 3 amide bonds. The SMILES string of the molecule is CC(C)C[C@@H]1NCCN([C@@H](Cc2ccccc2)C(=O)N2CC[C@H](CC(N)=O)[C@H]2C(=O)OC(C)(C)C)C1=O. The summed E-state index contributed by atoms with van der Waals surface area (Å²) in [5.41, 5.74) is 5.65. The molecule has 2 aliphatic rings. The summed E-state index contributed by atoms with van der Waals surface area (Å²) in [4.78, 5) is 56.1. The molecule has 0 radical (unpaired) electrons. The molecule has 0 unspecified atom stereocenters. The number of nitrogens with two attached hydrogens (primary N) is 1. The Bertz CT molecular complexity index is 975. The lowest BCUT2D eigenvalue weighted by molar-refractivity contribution is -0.166. The maximum Gasteiger partial charge on any atom is 0.329 e. The summed E-state index contributed by atoms with van der Waals surface area (Å²) in [6.07, 6.45) is 1.45. The molecule has 0 saturated carbocycles. The Hall–Kier alpha value is -2.94. The normalized spacial score (nSPS) is 23.3. The number of ether oxygens (including phenoxy) is 1. The number of nitrogens with one attached hydrogen (secondary N) is 1. The van der Waals surface area contributed by atoms with Crippen LogP contribution in [0.4, 0.5) is 0 Å². The van der Waals surface area contributed by atoms with Gasteiger partial charge in [-0.2, -0.15) is 0 Å². The Kier molecular flexibility index (Phi) is 9.34. The fourth-order valence-electron chi connectivity index (χ4n) is 5.34. The van der Waals surface area contributed by atoms with E-state index >= 15 is 0 Å². The van der Waals surface area contributed by atoms with Crippen molar-refractivity contribution in [3.8, 4) is 0 Å². The number of benzene rings is 1. The number of carbonyl (C=O) groups excluding carboxylic acids is 4. The van der Waals surface area contributed by atoms with E-state index < -0.39 is 35.5 Å². The first-order valence-electron chi connectivity index (χ1n) is 13.3. The summed E-state index contributed by atoms with van der Waals surface area (Å²) < 4.78 is 5.66. The zero-order valence-electron chi connectivity index (χ0n) is 22.7. The van der Waals surface area contributed by atoms with Gasteiger partial charge in [-0.05, 0) is 45.1 Å². The maximum absolute atomic E-state index is 14.2. The summed E-state index contributed by atoms with van der Waals surface area (Å²) in [7, 11) is 0. The van der Waals surface area contributed by atoms with Crippen molar-refractivity contribution in [2.45, 2.75) is 84.0 Å². The predicted octanol–water partition coefficient (Wildman–Crippen LogP) is 1.88. The molecule has 2 aliphatic heterocycles. The van der Waals surface area contributed by atoms with Crippen molar-refractivity contribution in [1.29, 1.82) is 0 Å². The van der Waals surface area contributed by atoms with Crippen molar-refractivity contribution in [3.63, 3.8) is 0 Å². The Labute approximate surface area is 220 Å². The van der Waals surface area contributed by atoms with Crippen molar-refractivity contribution in [2.75, 3.05) is 19.6 Å². The average Bonchev–Trinajstić information content (AvgIpc) is 3.21. The van der Waals surface area contributed by atoms with Crippen LogP contribution < -0.4 is 11.1 Å². The Morgan fingerprint density at radius 2 is 1.81 bits per heavy atom. The second-order valence-corrected chi connectivity index (χ2v) is 11.6. The molecule has 0 spiro atoms. The predicted molar refractivity (Wildman–Crippen MR) is 140 cm³/mol. The maximum atomic E-state index is 14.2. The van der Waals surface area contributed by atoms with Gasteiger partial charge < -0.3 is 25.6 Å². The summed E-state index contributed by atoms with van der Waals surface area (Å²) in [6, 6.07) is 7.52. The minimum atomic E-state index is -0.929. The topological polar surface area (TPSA) is 122 Å². The minimum absolute atomic E-state index is 0.0138. The molecule has 204 valence electrons. The molecule has 0 aliphatic carbocycles. The molecule has 37 heavy (non-hydrogen) atoms. The van der Waals surface area contributed by atoms with Gasteiger partial charge in [0.1, 0.15) is 17.7 Å². The molecule has 2 fully saturated rings. The molecule has 3 rings (SSSR count). The number of esters is 1. The van der Waals surface area contributed by atoms with Crippen LogP contribution in [0.15, 0.2) is 30.3 Å². The van der Waals surface area contributed by atoms with Crippen molar-refractivity contribution in [1.82, 2.24) is 15.1 Å². The third-order valence-electron chi connectivity index (χ3n) is 6.88. The summed E-state index contributed by atoms with van der Waals surface area (Å²) >= 11 is 0. The monoisotopic (exact) mass is 514 g/mol. The number of hydrogen-bond donors (Lipinski definition) is 2. The standard InChI is InChI=1S/C28H42N4O5/c1-18(2)15-21-25(34)31(14-12-30-21)22(16-19-9-7-6-8-10-19)26(35)32-13-11-20(17-23(29)33)24(32)27(36)37-28(3,4)5/h6-10,18,20-22,24,30H,11-17H2,1-5H3,(H2,29,33)/t20-,21+,22+,24+/m1/s1. The lowest BCUT2D eigenvalue weighted by atomic mass is 9.95. The van der Waals surface area contributed by atoms with Gasteiger partial charge in [-0.1, -0.05) is 44.2 Å². The van der Waals surface area contributed by atoms with Crippen molar-refractivity contribution in [2.24, 2.45) is 17.6 Å². The highest BCUT2D eigenvalue weighted by Crippen LogP contribution is 2.31.